The van der Waals surface area contributed by atoms with Gasteiger partial charge in [-0.25, -0.2) is 0 Å². The van der Waals surface area contributed by atoms with E-state index in [1.165, 1.54) is 35.0 Å². The Morgan fingerprint density at radius 2 is 1.80 bits per heavy atom. The van der Waals surface area contributed by atoms with Gasteiger partial charge in [-0.2, -0.15) is 0 Å². The van der Waals surface area contributed by atoms with Gasteiger partial charge in [0, 0.05) is 0 Å². The average molecular weight is 202 g/mol. The van der Waals surface area contributed by atoms with E-state index in [9.17, 15) is 0 Å². The third-order valence-electron chi connectivity index (χ3n) is 3.66. The molecule has 0 aromatic heterocycles. The zero-order chi connectivity index (χ0) is 11.6. The first-order valence-corrected chi connectivity index (χ1v) is 5.97. The van der Waals surface area contributed by atoms with Gasteiger partial charge >= 0.3 is 0 Å². The third-order valence-corrected chi connectivity index (χ3v) is 3.66. The molecule has 0 aliphatic rings. The molecule has 0 nitrogen and oxygen atoms in total. The van der Waals surface area contributed by atoms with E-state index in [-0.39, 0.29) is 0 Å². The van der Waals surface area contributed by atoms with Crippen molar-refractivity contribution in [2.45, 2.75) is 52.9 Å². The summed E-state index contributed by atoms with van der Waals surface area (Å²) in [7, 11) is 2.26. The first-order chi connectivity index (χ1) is 6.90. The summed E-state index contributed by atoms with van der Waals surface area (Å²) in [5, 5.41) is 0. The number of rotatable bonds is 3. The van der Waals surface area contributed by atoms with Crippen molar-refractivity contribution in [2.75, 3.05) is 0 Å². The molecule has 1 aromatic carbocycles. The maximum Gasteiger partial charge on any atom is 0.140 e. The first kappa shape index (κ1) is 12.4. The molecule has 1 rings (SSSR count). The summed E-state index contributed by atoms with van der Waals surface area (Å²) in [5.74, 6) is 0. The van der Waals surface area contributed by atoms with Crippen LogP contribution in [0.5, 0.6) is 0 Å². The second kappa shape index (κ2) is 4.43. The molecule has 0 bridgehead atoms. The van der Waals surface area contributed by atoms with E-state index in [1.807, 2.05) is 0 Å². The van der Waals surface area contributed by atoms with E-state index in [2.05, 4.69) is 54.6 Å². The van der Waals surface area contributed by atoms with Gasteiger partial charge in [0.2, 0.25) is 0 Å². The van der Waals surface area contributed by atoms with E-state index in [1.54, 1.807) is 0 Å². The van der Waals surface area contributed by atoms with Gasteiger partial charge in [-0.05, 0) is 36.8 Å². The molecule has 0 saturated heterocycles. The highest BCUT2D eigenvalue weighted by Gasteiger charge is 2.21. The SMILES string of the molecule is Bc1c(C(C)(C)CCC)ccc(C)c1C. The van der Waals surface area contributed by atoms with Crippen molar-refractivity contribution in [1.82, 2.24) is 0 Å². The van der Waals surface area contributed by atoms with Crippen molar-refractivity contribution in [3.63, 3.8) is 0 Å². The van der Waals surface area contributed by atoms with Crippen LogP contribution in [-0.2, 0) is 5.41 Å². The molecule has 0 heterocycles. The van der Waals surface area contributed by atoms with Crippen molar-refractivity contribution < 1.29 is 0 Å². The van der Waals surface area contributed by atoms with Crippen LogP contribution in [0.1, 0.15) is 50.3 Å². The lowest BCUT2D eigenvalue weighted by Crippen LogP contribution is -2.28. The molecule has 0 aliphatic carbocycles. The van der Waals surface area contributed by atoms with Gasteiger partial charge < -0.3 is 0 Å². The van der Waals surface area contributed by atoms with Crippen LogP contribution in [0.15, 0.2) is 12.1 Å². The van der Waals surface area contributed by atoms with Crippen molar-refractivity contribution >= 4 is 13.3 Å². The normalized spacial score (nSPS) is 11.8. The van der Waals surface area contributed by atoms with Crippen LogP contribution in [-0.4, -0.2) is 7.85 Å². The molecule has 0 radical (unpaired) electrons. The van der Waals surface area contributed by atoms with Crippen LogP contribution in [0.2, 0.25) is 0 Å². The van der Waals surface area contributed by atoms with E-state index in [0.29, 0.717) is 5.41 Å². The van der Waals surface area contributed by atoms with Gasteiger partial charge in [-0.1, -0.05) is 50.4 Å². The lowest BCUT2D eigenvalue weighted by atomic mass is 9.71. The zero-order valence-corrected chi connectivity index (χ0v) is 11.1. The minimum Gasteiger partial charge on any atom is -0.0822 e. The lowest BCUT2D eigenvalue weighted by molar-refractivity contribution is 0.475. The number of aryl methyl sites for hydroxylation is 1. The first-order valence-electron chi connectivity index (χ1n) is 5.97. The second-order valence-corrected chi connectivity index (χ2v) is 5.31. The van der Waals surface area contributed by atoms with E-state index >= 15 is 0 Å². The predicted octanol–water partition coefficient (Wildman–Crippen LogP) is 2.64. The highest BCUT2D eigenvalue weighted by atomic mass is 14.3. The molecule has 0 atom stereocenters. The monoisotopic (exact) mass is 202 g/mol. The summed E-state index contributed by atoms with van der Waals surface area (Å²) < 4.78 is 0. The van der Waals surface area contributed by atoms with Crippen LogP contribution in [0.4, 0.5) is 0 Å². The summed E-state index contributed by atoms with van der Waals surface area (Å²) in [6.07, 6.45) is 2.51. The van der Waals surface area contributed by atoms with Crippen molar-refractivity contribution in [3.05, 3.63) is 28.8 Å². The quantitative estimate of drug-likeness (QED) is 0.661. The minimum atomic E-state index is 0.317. The fraction of sp³-hybridized carbons (Fsp3) is 0.571. The standard InChI is InChI=1S/C14H23B/c1-6-9-14(4,5)12-8-7-10(2)11(3)13(12)15/h7-8H,6,9,15H2,1-5H3. The van der Waals surface area contributed by atoms with Crippen molar-refractivity contribution in [2.24, 2.45) is 0 Å². The third kappa shape index (κ3) is 2.45. The second-order valence-electron chi connectivity index (χ2n) is 5.31. The average Bonchev–Trinajstić information content (AvgIpc) is 2.13. The summed E-state index contributed by atoms with van der Waals surface area (Å²) in [6, 6.07) is 4.57. The van der Waals surface area contributed by atoms with Crippen LogP contribution in [0.25, 0.3) is 0 Å². The molecular weight excluding hydrogens is 179 g/mol. The van der Waals surface area contributed by atoms with Crippen LogP contribution < -0.4 is 5.46 Å². The molecule has 82 valence electrons. The topological polar surface area (TPSA) is 0 Å². The molecule has 1 aromatic rings. The Morgan fingerprint density at radius 3 is 2.33 bits per heavy atom. The maximum atomic E-state index is 2.35. The molecule has 0 fully saturated rings. The van der Waals surface area contributed by atoms with Crippen LogP contribution in [0, 0.1) is 13.8 Å². The van der Waals surface area contributed by atoms with Crippen LogP contribution in [0.3, 0.4) is 0 Å². The Balaban J connectivity index is 3.21. The summed E-state index contributed by atoms with van der Waals surface area (Å²) in [5.41, 5.74) is 6.18. The number of hydrogen-bond acceptors (Lipinski definition) is 0. The van der Waals surface area contributed by atoms with E-state index < -0.39 is 0 Å². The molecule has 0 aliphatic heterocycles. The zero-order valence-electron chi connectivity index (χ0n) is 11.1. The Kier molecular flexibility index (Phi) is 3.65. The van der Waals surface area contributed by atoms with Gasteiger partial charge in [0.25, 0.3) is 0 Å². The molecular formula is C14H23B. The van der Waals surface area contributed by atoms with Crippen LogP contribution >= 0.6 is 0 Å². The van der Waals surface area contributed by atoms with Gasteiger partial charge in [-0.3, -0.25) is 0 Å². The van der Waals surface area contributed by atoms with Crippen molar-refractivity contribution in [1.29, 1.82) is 0 Å². The Morgan fingerprint density at radius 1 is 1.20 bits per heavy atom. The fourth-order valence-electron chi connectivity index (χ4n) is 2.45. The van der Waals surface area contributed by atoms with Gasteiger partial charge in [0.1, 0.15) is 7.85 Å². The Hall–Kier alpha value is -0.715. The number of benzene rings is 1. The molecule has 0 amide bonds. The molecule has 0 spiro atoms. The molecule has 0 saturated carbocycles. The smallest absolute Gasteiger partial charge is 0.0822 e. The maximum absolute atomic E-state index is 2.35. The Labute approximate surface area is 95.5 Å². The van der Waals surface area contributed by atoms with E-state index in [4.69, 9.17) is 0 Å². The highest BCUT2D eigenvalue weighted by Crippen LogP contribution is 2.27. The minimum absolute atomic E-state index is 0.317. The molecule has 15 heavy (non-hydrogen) atoms. The number of hydrogen-bond donors (Lipinski definition) is 0. The van der Waals surface area contributed by atoms with E-state index in [0.717, 1.165) is 0 Å². The molecule has 0 unspecified atom stereocenters. The van der Waals surface area contributed by atoms with Gasteiger partial charge in [0.15, 0.2) is 0 Å². The Bertz CT molecular complexity index is 351. The largest absolute Gasteiger partial charge is 0.140 e. The lowest BCUT2D eigenvalue weighted by Gasteiger charge is -2.28. The predicted molar refractivity (Wildman–Crippen MR) is 72.0 cm³/mol. The van der Waals surface area contributed by atoms with Gasteiger partial charge in [0.05, 0.1) is 0 Å². The summed E-state index contributed by atoms with van der Waals surface area (Å²) in [4.78, 5) is 0. The summed E-state index contributed by atoms with van der Waals surface area (Å²) in [6.45, 7) is 11.4. The highest BCUT2D eigenvalue weighted by molar-refractivity contribution is 6.34. The van der Waals surface area contributed by atoms with Gasteiger partial charge in [-0.15, -0.1) is 0 Å². The molecule has 1 heteroatoms. The molecule has 0 N–H and O–H groups in total. The summed E-state index contributed by atoms with van der Waals surface area (Å²) >= 11 is 0. The van der Waals surface area contributed by atoms with Crippen molar-refractivity contribution in [3.8, 4) is 0 Å². The fourth-order valence-corrected chi connectivity index (χ4v) is 2.45.